The van der Waals surface area contributed by atoms with Gasteiger partial charge in [-0.1, -0.05) is 18.2 Å². The summed E-state index contributed by atoms with van der Waals surface area (Å²) in [6.45, 7) is 5.04. The Morgan fingerprint density at radius 2 is 1.79 bits per heavy atom. The van der Waals surface area contributed by atoms with Crippen molar-refractivity contribution in [2.24, 2.45) is 11.7 Å². The van der Waals surface area contributed by atoms with Crippen LogP contribution in [0.1, 0.15) is 19.8 Å². The van der Waals surface area contributed by atoms with Gasteiger partial charge in [0.05, 0.1) is 0 Å². The van der Waals surface area contributed by atoms with Crippen LogP contribution in [0.25, 0.3) is 0 Å². The van der Waals surface area contributed by atoms with Crippen LogP contribution in [-0.4, -0.2) is 59.9 Å². The quantitative estimate of drug-likeness (QED) is 0.868. The van der Waals surface area contributed by atoms with Gasteiger partial charge in [-0.15, -0.1) is 0 Å². The van der Waals surface area contributed by atoms with E-state index in [1.807, 2.05) is 35.2 Å². The summed E-state index contributed by atoms with van der Waals surface area (Å²) >= 11 is 0. The van der Waals surface area contributed by atoms with Gasteiger partial charge in [-0.25, -0.2) is 0 Å². The minimum atomic E-state index is -0.478. The van der Waals surface area contributed by atoms with Gasteiger partial charge in [-0.2, -0.15) is 0 Å². The molecule has 0 aliphatic carbocycles. The second-order valence-corrected chi connectivity index (χ2v) is 6.68. The SMILES string of the molecule is CC(Oc1ccccc1)C(=O)N1CC(N2CCC(C(N)=O)CC2)C1. The van der Waals surface area contributed by atoms with E-state index >= 15 is 0 Å². The molecule has 0 aromatic heterocycles. The molecule has 2 fully saturated rings. The molecule has 2 heterocycles. The molecule has 3 rings (SSSR count). The van der Waals surface area contributed by atoms with Gasteiger partial charge in [0.25, 0.3) is 5.91 Å². The van der Waals surface area contributed by atoms with Gasteiger partial charge in [0.2, 0.25) is 5.91 Å². The molecule has 2 amide bonds. The maximum Gasteiger partial charge on any atom is 0.263 e. The first-order valence-electron chi connectivity index (χ1n) is 8.58. The van der Waals surface area contributed by atoms with Crippen LogP contribution in [0.15, 0.2) is 30.3 Å². The largest absolute Gasteiger partial charge is 0.481 e. The van der Waals surface area contributed by atoms with Crippen molar-refractivity contribution in [3.05, 3.63) is 30.3 Å². The van der Waals surface area contributed by atoms with Crippen molar-refractivity contribution in [2.75, 3.05) is 26.2 Å². The lowest BCUT2D eigenvalue weighted by Gasteiger charge is -2.47. The molecule has 1 atom stereocenters. The number of carbonyl (C=O) groups is 2. The van der Waals surface area contributed by atoms with Crippen LogP contribution in [0.5, 0.6) is 5.75 Å². The average Bonchev–Trinajstić information content (AvgIpc) is 2.54. The third-order valence-electron chi connectivity index (χ3n) is 5.03. The minimum Gasteiger partial charge on any atom is -0.481 e. The van der Waals surface area contributed by atoms with Crippen LogP contribution in [0, 0.1) is 5.92 Å². The van der Waals surface area contributed by atoms with Gasteiger partial charge in [0.1, 0.15) is 5.75 Å². The van der Waals surface area contributed by atoms with Crippen molar-refractivity contribution in [1.29, 1.82) is 0 Å². The lowest BCUT2D eigenvalue weighted by molar-refractivity contribution is -0.146. The number of likely N-dealkylation sites (tertiary alicyclic amines) is 2. The van der Waals surface area contributed by atoms with Crippen LogP contribution >= 0.6 is 0 Å². The summed E-state index contributed by atoms with van der Waals surface area (Å²) in [5, 5.41) is 0. The van der Waals surface area contributed by atoms with E-state index in [0.717, 1.165) is 39.0 Å². The number of piperidine rings is 1. The fraction of sp³-hybridized carbons (Fsp3) is 0.556. The highest BCUT2D eigenvalue weighted by atomic mass is 16.5. The standard InChI is InChI=1S/C18H25N3O3/c1-13(24-16-5-3-2-4-6-16)18(23)21-11-15(12-21)20-9-7-14(8-10-20)17(19)22/h2-6,13-15H,7-12H2,1H3,(H2,19,22). The third-order valence-corrected chi connectivity index (χ3v) is 5.03. The molecular formula is C18H25N3O3. The summed E-state index contributed by atoms with van der Waals surface area (Å²) in [6, 6.07) is 9.80. The number of rotatable bonds is 5. The van der Waals surface area contributed by atoms with Crippen molar-refractivity contribution in [3.63, 3.8) is 0 Å². The van der Waals surface area contributed by atoms with E-state index in [-0.39, 0.29) is 17.7 Å². The van der Waals surface area contributed by atoms with Crippen LogP contribution in [0.3, 0.4) is 0 Å². The molecule has 6 nitrogen and oxygen atoms in total. The lowest BCUT2D eigenvalue weighted by Crippen LogP contribution is -2.64. The summed E-state index contributed by atoms with van der Waals surface area (Å²) in [7, 11) is 0. The number of para-hydroxylation sites is 1. The third kappa shape index (κ3) is 3.70. The van der Waals surface area contributed by atoms with Gasteiger partial charge in [-0.05, 0) is 45.0 Å². The predicted molar refractivity (Wildman–Crippen MR) is 90.4 cm³/mol. The van der Waals surface area contributed by atoms with Crippen molar-refractivity contribution >= 4 is 11.8 Å². The molecule has 6 heteroatoms. The number of ether oxygens (including phenoxy) is 1. The van der Waals surface area contributed by atoms with E-state index in [4.69, 9.17) is 10.5 Å². The molecule has 2 aliphatic rings. The summed E-state index contributed by atoms with van der Waals surface area (Å²) in [6.07, 6.45) is 1.18. The smallest absolute Gasteiger partial charge is 0.263 e. The fourth-order valence-electron chi connectivity index (χ4n) is 3.43. The monoisotopic (exact) mass is 331 g/mol. The Morgan fingerprint density at radius 1 is 1.17 bits per heavy atom. The van der Waals surface area contributed by atoms with Crippen LogP contribution in [0.4, 0.5) is 0 Å². The maximum absolute atomic E-state index is 12.4. The van der Waals surface area contributed by atoms with E-state index in [0.29, 0.717) is 11.8 Å². The molecule has 0 spiro atoms. The Labute approximate surface area is 142 Å². The number of nitrogens with zero attached hydrogens (tertiary/aromatic N) is 2. The molecule has 2 N–H and O–H groups in total. The summed E-state index contributed by atoms with van der Waals surface area (Å²) in [4.78, 5) is 27.9. The van der Waals surface area contributed by atoms with E-state index in [1.165, 1.54) is 0 Å². The number of nitrogens with two attached hydrogens (primary N) is 1. The topological polar surface area (TPSA) is 75.9 Å². The normalized spacial score (nSPS) is 21.1. The number of benzene rings is 1. The molecule has 1 unspecified atom stereocenters. The highest BCUT2D eigenvalue weighted by Gasteiger charge is 2.38. The first kappa shape index (κ1) is 16.8. The minimum absolute atomic E-state index is 0.0124. The van der Waals surface area contributed by atoms with E-state index in [2.05, 4.69) is 4.90 Å². The number of hydrogen-bond acceptors (Lipinski definition) is 4. The Balaban J connectivity index is 1.43. The first-order chi connectivity index (χ1) is 11.5. The van der Waals surface area contributed by atoms with E-state index < -0.39 is 6.10 Å². The van der Waals surface area contributed by atoms with Crippen LogP contribution < -0.4 is 10.5 Å². The predicted octanol–water partition coefficient (Wildman–Crippen LogP) is 0.862. The van der Waals surface area contributed by atoms with Crippen LogP contribution in [0.2, 0.25) is 0 Å². The molecular weight excluding hydrogens is 306 g/mol. The van der Waals surface area contributed by atoms with Gasteiger partial charge >= 0.3 is 0 Å². The molecule has 0 radical (unpaired) electrons. The lowest BCUT2D eigenvalue weighted by atomic mass is 9.93. The molecule has 1 aromatic rings. The Hall–Kier alpha value is -2.08. The Kier molecular flexibility index (Phi) is 5.04. The van der Waals surface area contributed by atoms with Crippen molar-refractivity contribution in [3.8, 4) is 5.75 Å². The van der Waals surface area contributed by atoms with Gasteiger partial charge in [-0.3, -0.25) is 14.5 Å². The summed E-state index contributed by atoms with van der Waals surface area (Å²) in [5.41, 5.74) is 5.37. The van der Waals surface area contributed by atoms with Crippen LogP contribution in [-0.2, 0) is 9.59 Å². The summed E-state index contributed by atoms with van der Waals surface area (Å²) < 4.78 is 5.70. The molecule has 0 saturated carbocycles. The highest BCUT2D eigenvalue weighted by molar-refractivity contribution is 5.81. The van der Waals surface area contributed by atoms with Gasteiger partial charge < -0.3 is 15.4 Å². The fourth-order valence-corrected chi connectivity index (χ4v) is 3.43. The zero-order valence-electron chi connectivity index (χ0n) is 14.1. The van der Waals surface area contributed by atoms with Crippen molar-refractivity contribution in [1.82, 2.24) is 9.80 Å². The summed E-state index contributed by atoms with van der Waals surface area (Å²) in [5.74, 6) is 0.566. The Bertz CT molecular complexity index is 578. The first-order valence-corrected chi connectivity index (χ1v) is 8.58. The number of carbonyl (C=O) groups excluding carboxylic acids is 2. The van der Waals surface area contributed by atoms with Gasteiger partial charge in [0.15, 0.2) is 6.10 Å². The molecule has 2 aliphatic heterocycles. The van der Waals surface area contributed by atoms with Gasteiger partial charge in [0, 0.05) is 25.0 Å². The van der Waals surface area contributed by atoms with Crippen molar-refractivity contribution < 1.29 is 14.3 Å². The second kappa shape index (κ2) is 7.21. The average molecular weight is 331 g/mol. The maximum atomic E-state index is 12.4. The number of hydrogen-bond donors (Lipinski definition) is 1. The number of amides is 2. The number of primary amides is 1. The highest BCUT2D eigenvalue weighted by Crippen LogP contribution is 2.24. The second-order valence-electron chi connectivity index (χ2n) is 6.68. The zero-order valence-corrected chi connectivity index (χ0v) is 14.1. The molecule has 0 bridgehead atoms. The van der Waals surface area contributed by atoms with E-state index in [9.17, 15) is 9.59 Å². The van der Waals surface area contributed by atoms with E-state index in [1.54, 1.807) is 6.92 Å². The molecule has 2 saturated heterocycles. The zero-order chi connectivity index (χ0) is 17.1. The van der Waals surface area contributed by atoms with Crippen molar-refractivity contribution in [2.45, 2.75) is 31.9 Å². The molecule has 130 valence electrons. The molecule has 1 aromatic carbocycles. The molecule has 24 heavy (non-hydrogen) atoms. The Morgan fingerprint density at radius 3 is 2.38 bits per heavy atom.